The second kappa shape index (κ2) is 5.15. The van der Waals surface area contributed by atoms with Gasteiger partial charge < -0.3 is 16.2 Å². The minimum atomic E-state index is -0.427. The fraction of sp³-hybridized carbons (Fsp3) is 0.917. The van der Waals surface area contributed by atoms with Crippen LogP contribution in [0.2, 0.25) is 0 Å². The highest BCUT2D eigenvalue weighted by Crippen LogP contribution is 2.36. The molecule has 0 saturated heterocycles. The first-order valence-corrected chi connectivity index (χ1v) is 6.09. The van der Waals surface area contributed by atoms with Gasteiger partial charge in [0.15, 0.2) is 0 Å². The Morgan fingerprint density at radius 1 is 1.62 bits per heavy atom. The van der Waals surface area contributed by atoms with Crippen LogP contribution in [0.25, 0.3) is 0 Å². The van der Waals surface area contributed by atoms with Crippen LogP contribution in [0.5, 0.6) is 0 Å². The molecule has 4 heteroatoms. The van der Waals surface area contributed by atoms with E-state index in [0.29, 0.717) is 0 Å². The molecule has 1 aliphatic carbocycles. The van der Waals surface area contributed by atoms with Crippen LogP contribution in [0.15, 0.2) is 0 Å². The zero-order valence-corrected chi connectivity index (χ0v) is 10.5. The van der Waals surface area contributed by atoms with Gasteiger partial charge in [0, 0.05) is 18.7 Å². The minimum Gasteiger partial charge on any atom is -0.396 e. The Kier molecular flexibility index (Phi) is 4.33. The molecule has 4 unspecified atom stereocenters. The number of hydrogen-bond acceptors (Lipinski definition) is 3. The Balaban J connectivity index is 2.58. The van der Waals surface area contributed by atoms with Gasteiger partial charge in [-0.15, -0.1) is 0 Å². The zero-order valence-electron chi connectivity index (χ0n) is 10.5. The van der Waals surface area contributed by atoms with E-state index in [4.69, 9.17) is 10.8 Å². The van der Waals surface area contributed by atoms with E-state index < -0.39 is 5.41 Å². The van der Waals surface area contributed by atoms with Crippen LogP contribution in [0.1, 0.15) is 40.0 Å². The van der Waals surface area contributed by atoms with Crippen molar-refractivity contribution in [3.8, 4) is 0 Å². The summed E-state index contributed by atoms with van der Waals surface area (Å²) < 4.78 is 0. The van der Waals surface area contributed by atoms with Gasteiger partial charge in [-0.1, -0.05) is 13.3 Å². The van der Waals surface area contributed by atoms with E-state index in [1.807, 2.05) is 20.8 Å². The van der Waals surface area contributed by atoms with Gasteiger partial charge in [0.2, 0.25) is 5.91 Å². The zero-order chi connectivity index (χ0) is 12.3. The maximum atomic E-state index is 12.1. The molecular formula is C12H24N2O2. The summed E-state index contributed by atoms with van der Waals surface area (Å²) >= 11 is 0. The quantitative estimate of drug-likeness (QED) is 0.661. The molecule has 0 bridgehead atoms. The van der Waals surface area contributed by atoms with Crippen molar-refractivity contribution in [1.82, 2.24) is 5.32 Å². The third-order valence-electron chi connectivity index (χ3n) is 4.05. The summed E-state index contributed by atoms with van der Waals surface area (Å²) in [6.45, 7) is 5.87. The molecular weight excluding hydrogens is 204 g/mol. The lowest BCUT2D eigenvalue weighted by atomic mass is 9.83. The topological polar surface area (TPSA) is 75.3 Å². The first kappa shape index (κ1) is 13.5. The van der Waals surface area contributed by atoms with Crippen LogP contribution in [0, 0.1) is 11.3 Å². The summed E-state index contributed by atoms with van der Waals surface area (Å²) in [6, 6.07) is -0.0498. The Morgan fingerprint density at radius 3 is 2.69 bits per heavy atom. The van der Waals surface area contributed by atoms with E-state index in [1.54, 1.807) is 0 Å². The standard InChI is InChI=1S/C12H24N2O2/c1-8(7-15)9(2)14-11(16)12(3)6-4-5-10(12)13/h8-10,15H,4-7,13H2,1-3H3,(H,14,16). The molecule has 1 amide bonds. The van der Waals surface area contributed by atoms with Crippen molar-refractivity contribution in [2.24, 2.45) is 17.1 Å². The van der Waals surface area contributed by atoms with Crippen molar-refractivity contribution in [2.45, 2.75) is 52.1 Å². The lowest BCUT2D eigenvalue weighted by Crippen LogP contribution is -2.51. The van der Waals surface area contributed by atoms with Gasteiger partial charge >= 0.3 is 0 Å². The van der Waals surface area contributed by atoms with Gasteiger partial charge in [-0.2, -0.15) is 0 Å². The number of nitrogens with one attached hydrogen (secondary N) is 1. The largest absolute Gasteiger partial charge is 0.396 e. The van der Waals surface area contributed by atoms with Crippen molar-refractivity contribution in [3.05, 3.63) is 0 Å². The van der Waals surface area contributed by atoms with Crippen molar-refractivity contribution in [2.75, 3.05) is 6.61 Å². The van der Waals surface area contributed by atoms with Gasteiger partial charge in [0.25, 0.3) is 0 Å². The van der Waals surface area contributed by atoms with Crippen molar-refractivity contribution < 1.29 is 9.90 Å². The third kappa shape index (κ3) is 2.55. The number of nitrogens with two attached hydrogens (primary N) is 1. The fourth-order valence-electron chi connectivity index (χ4n) is 2.15. The predicted octanol–water partition coefficient (Wildman–Crippen LogP) is 0.637. The first-order valence-electron chi connectivity index (χ1n) is 6.09. The predicted molar refractivity (Wildman–Crippen MR) is 63.8 cm³/mol. The van der Waals surface area contributed by atoms with Gasteiger partial charge in [-0.3, -0.25) is 4.79 Å². The van der Waals surface area contributed by atoms with E-state index in [-0.39, 0.29) is 30.5 Å². The number of hydrogen-bond donors (Lipinski definition) is 3. The second-order valence-corrected chi connectivity index (χ2v) is 5.34. The number of aliphatic hydroxyl groups excluding tert-OH is 1. The van der Waals surface area contributed by atoms with Crippen molar-refractivity contribution in [1.29, 1.82) is 0 Å². The average molecular weight is 228 g/mol. The minimum absolute atomic E-state index is 0.0119. The highest BCUT2D eigenvalue weighted by atomic mass is 16.3. The van der Waals surface area contributed by atoms with Crippen molar-refractivity contribution in [3.63, 3.8) is 0 Å². The monoisotopic (exact) mass is 228 g/mol. The van der Waals surface area contributed by atoms with Gasteiger partial charge in [0.1, 0.15) is 0 Å². The lowest BCUT2D eigenvalue weighted by molar-refractivity contribution is -0.131. The fourth-order valence-corrected chi connectivity index (χ4v) is 2.15. The maximum Gasteiger partial charge on any atom is 0.227 e. The highest BCUT2D eigenvalue weighted by molar-refractivity contribution is 5.83. The molecule has 0 aliphatic heterocycles. The van der Waals surface area contributed by atoms with Gasteiger partial charge in [-0.25, -0.2) is 0 Å². The molecule has 94 valence electrons. The molecule has 16 heavy (non-hydrogen) atoms. The van der Waals surface area contributed by atoms with E-state index >= 15 is 0 Å². The molecule has 0 radical (unpaired) electrons. The summed E-state index contributed by atoms with van der Waals surface area (Å²) in [5.74, 6) is 0.107. The normalized spacial score (nSPS) is 33.4. The summed E-state index contributed by atoms with van der Waals surface area (Å²) in [6.07, 6.45) is 2.81. The summed E-state index contributed by atoms with van der Waals surface area (Å²) in [7, 11) is 0. The maximum absolute atomic E-state index is 12.1. The van der Waals surface area contributed by atoms with Crippen LogP contribution in [0.4, 0.5) is 0 Å². The number of aliphatic hydroxyl groups is 1. The smallest absolute Gasteiger partial charge is 0.227 e. The Bertz CT molecular complexity index is 257. The molecule has 1 fully saturated rings. The number of amides is 1. The Morgan fingerprint density at radius 2 is 2.25 bits per heavy atom. The molecule has 4 nitrogen and oxygen atoms in total. The molecule has 4 atom stereocenters. The molecule has 0 aromatic carbocycles. The molecule has 0 spiro atoms. The first-order chi connectivity index (χ1) is 7.41. The van der Waals surface area contributed by atoms with E-state index in [2.05, 4.69) is 5.32 Å². The van der Waals surface area contributed by atoms with Crippen LogP contribution in [-0.2, 0) is 4.79 Å². The molecule has 1 saturated carbocycles. The van der Waals surface area contributed by atoms with Gasteiger partial charge in [-0.05, 0) is 32.6 Å². The molecule has 1 aliphatic rings. The number of carbonyl (C=O) groups excluding carboxylic acids is 1. The van der Waals surface area contributed by atoms with E-state index in [1.165, 1.54) is 0 Å². The number of rotatable bonds is 4. The van der Waals surface area contributed by atoms with Crippen LogP contribution < -0.4 is 11.1 Å². The molecule has 0 heterocycles. The van der Waals surface area contributed by atoms with Gasteiger partial charge in [0.05, 0.1) is 5.41 Å². The lowest BCUT2D eigenvalue weighted by Gasteiger charge is -2.30. The van der Waals surface area contributed by atoms with E-state index in [0.717, 1.165) is 19.3 Å². The SMILES string of the molecule is CC(CO)C(C)NC(=O)C1(C)CCCC1N. The van der Waals surface area contributed by atoms with Crippen LogP contribution in [-0.4, -0.2) is 29.7 Å². The molecule has 1 rings (SSSR count). The molecule has 4 N–H and O–H groups in total. The highest BCUT2D eigenvalue weighted by Gasteiger charge is 2.43. The van der Waals surface area contributed by atoms with E-state index in [9.17, 15) is 4.79 Å². The van der Waals surface area contributed by atoms with Crippen LogP contribution >= 0.6 is 0 Å². The number of carbonyl (C=O) groups is 1. The summed E-state index contributed by atoms with van der Waals surface area (Å²) in [5, 5.41) is 12.0. The van der Waals surface area contributed by atoms with Crippen LogP contribution in [0.3, 0.4) is 0 Å². The molecule has 0 aromatic rings. The Hall–Kier alpha value is -0.610. The second-order valence-electron chi connectivity index (χ2n) is 5.34. The summed E-state index contributed by atoms with van der Waals surface area (Å²) in [5.41, 5.74) is 5.56. The molecule has 0 aromatic heterocycles. The van der Waals surface area contributed by atoms with Crippen molar-refractivity contribution >= 4 is 5.91 Å². The summed E-state index contributed by atoms with van der Waals surface area (Å²) in [4.78, 5) is 12.1. The third-order valence-corrected chi connectivity index (χ3v) is 4.05. The Labute approximate surface area is 97.6 Å². The average Bonchev–Trinajstić information content (AvgIpc) is 2.59.